The molecule has 0 fully saturated rings. The standard InChI is InChI=1S/C14H23ClN2O2/c1-5-19-14(9(2)3)13(17-16)10-6-7-11(15)12(8-10)18-4/h6-9,13-14,17H,5,16H2,1-4H3. The van der Waals surface area contributed by atoms with Crippen LogP contribution < -0.4 is 16.0 Å². The normalized spacial score (nSPS) is 14.5. The van der Waals surface area contributed by atoms with Gasteiger partial charge in [-0.05, 0) is 30.5 Å². The van der Waals surface area contributed by atoms with Crippen LogP contribution in [0.3, 0.4) is 0 Å². The van der Waals surface area contributed by atoms with Crippen molar-refractivity contribution in [1.82, 2.24) is 5.43 Å². The molecule has 19 heavy (non-hydrogen) atoms. The highest BCUT2D eigenvalue weighted by Gasteiger charge is 2.26. The van der Waals surface area contributed by atoms with Gasteiger partial charge in [0.25, 0.3) is 0 Å². The molecule has 0 aromatic heterocycles. The molecule has 0 aliphatic heterocycles. The molecule has 1 aromatic carbocycles. The second kappa shape index (κ2) is 7.70. The monoisotopic (exact) mass is 286 g/mol. The first-order valence-electron chi connectivity index (χ1n) is 6.46. The lowest BCUT2D eigenvalue weighted by molar-refractivity contribution is 0.00274. The Morgan fingerprint density at radius 3 is 2.53 bits per heavy atom. The number of rotatable bonds is 7. The van der Waals surface area contributed by atoms with Gasteiger partial charge in [0.1, 0.15) is 5.75 Å². The number of hydrogen-bond acceptors (Lipinski definition) is 4. The van der Waals surface area contributed by atoms with E-state index in [9.17, 15) is 0 Å². The number of methoxy groups -OCH3 is 1. The van der Waals surface area contributed by atoms with E-state index in [1.54, 1.807) is 7.11 Å². The minimum absolute atomic E-state index is 0.0131. The molecule has 3 N–H and O–H groups in total. The average molecular weight is 287 g/mol. The van der Waals surface area contributed by atoms with Crippen molar-refractivity contribution < 1.29 is 9.47 Å². The van der Waals surface area contributed by atoms with Gasteiger partial charge < -0.3 is 9.47 Å². The summed E-state index contributed by atoms with van der Waals surface area (Å²) < 4.78 is 11.0. The SMILES string of the molecule is CCOC(C(C)C)C(NN)c1ccc(Cl)c(OC)c1. The van der Waals surface area contributed by atoms with Gasteiger partial charge in [0, 0.05) is 6.61 Å². The molecule has 1 rings (SSSR count). The lowest BCUT2D eigenvalue weighted by atomic mass is 9.93. The minimum atomic E-state index is -0.105. The van der Waals surface area contributed by atoms with Crippen molar-refractivity contribution in [3.63, 3.8) is 0 Å². The van der Waals surface area contributed by atoms with E-state index in [1.807, 2.05) is 25.1 Å². The number of nitrogens with two attached hydrogens (primary N) is 1. The molecule has 0 saturated carbocycles. The molecule has 4 nitrogen and oxygen atoms in total. The van der Waals surface area contributed by atoms with Crippen LogP contribution in [-0.2, 0) is 4.74 Å². The van der Waals surface area contributed by atoms with Crippen molar-refractivity contribution in [3.8, 4) is 5.75 Å². The molecule has 0 amide bonds. The maximum atomic E-state index is 6.04. The first kappa shape index (κ1) is 16.2. The number of ether oxygens (including phenoxy) is 2. The predicted molar refractivity (Wildman–Crippen MR) is 78.3 cm³/mol. The van der Waals surface area contributed by atoms with Crippen LogP contribution in [0, 0.1) is 5.92 Å². The van der Waals surface area contributed by atoms with Gasteiger partial charge in [-0.1, -0.05) is 31.5 Å². The molecule has 2 unspecified atom stereocenters. The molecule has 0 aliphatic carbocycles. The molecule has 0 radical (unpaired) electrons. The van der Waals surface area contributed by atoms with Gasteiger partial charge in [-0.3, -0.25) is 11.3 Å². The first-order valence-corrected chi connectivity index (χ1v) is 6.84. The highest BCUT2D eigenvalue weighted by molar-refractivity contribution is 6.32. The van der Waals surface area contributed by atoms with Crippen LogP contribution in [-0.4, -0.2) is 19.8 Å². The molecular formula is C14H23ClN2O2. The van der Waals surface area contributed by atoms with Crippen LogP contribution in [0.25, 0.3) is 0 Å². The highest BCUT2D eigenvalue weighted by atomic mass is 35.5. The van der Waals surface area contributed by atoms with Gasteiger partial charge in [-0.15, -0.1) is 0 Å². The molecule has 0 spiro atoms. The Kier molecular flexibility index (Phi) is 6.58. The summed E-state index contributed by atoms with van der Waals surface area (Å²) in [7, 11) is 1.60. The average Bonchev–Trinajstić information content (AvgIpc) is 2.40. The Morgan fingerprint density at radius 1 is 1.37 bits per heavy atom. The number of hydrazine groups is 1. The third kappa shape index (κ3) is 4.08. The third-order valence-electron chi connectivity index (χ3n) is 3.06. The summed E-state index contributed by atoms with van der Waals surface area (Å²) in [5.74, 6) is 6.67. The fraction of sp³-hybridized carbons (Fsp3) is 0.571. The van der Waals surface area contributed by atoms with Gasteiger partial charge in [0.05, 0.1) is 24.3 Å². The van der Waals surface area contributed by atoms with Crippen molar-refractivity contribution in [3.05, 3.63) is 28.8 Å². The first-order chi connectivity index (χ1) is 9.04. The summed E-state index contributed by atoms with van der Waals surface area (Å²) in [4.78, 5) is 0. The summed E-state index contributed by atoms with van der Waals surface area (Å²) in [5.41, 5.74) is 3.83. The zero-order valence-corrected chi connectivity index (χ0v) is 12.7. The highest BCUT2D eigenvalue weighted by Crippen LogP contribution is 2.31. The van der Waals surface area contributed by atoms with E-state index in [4.69, 9.17) is 26.9 Å². The lowest BCUT2D eigenvalue weighted by Gasteiger charge is -2.30. The molecule has 0 aliphatic rings. The molecule has 0 heterocycles. The van der Waals surface area contributed by atoms with Crippen LogP contribution in [0.2, 0.25) is 5.02 Å². The Morgan fingerprint density at radius 2 is 2.05 bits per heavy atom. The van der Waals surface area contributed by atoms with Gasteiger partial charge in [-0.25, -0.2) is 0 Å². The number of hydrogen-bond donors (Lipinski definition) is 2. The minimum Gasteiger partial charge on any atom is -0.495 e. The van der Waals surface area contributed by atoms with E-state index in [2.05, 4.69) is 19.3 Å². The van der Waals surface area contributed by atoms with E-state index in [-0.39, 0.29) is 12.1 Å². The fourth-order valence-corrected chi connectivity index (χ4v) is 2.31. The van der Waals surface area contributed by atoms with Crippen LogP contribution in [0.4, 0.5) is 0 Å². The van der Waals surface area contributed by atoms with E-state index >= 15 is 0 Å². The lowest BCUT2D eigenvalue weighted by Crippen LogP contribution is -2.40. The second-order valence-electron chi connectivity index (χ2n) is 4.70. The Balaban J connectivity index is 3.07. The molecule has 108 valence electrons. The molecule has 0 saturated heterocycles. The zero-order valence-electron chi connectivity index (χ0n) is 11.9. The number of halogens is 1. The maximum Gasteiger partial charge on any atom is 0.137 e. The van der Waals surface area contributed by atoms with E-state index in [0.717, 1.165) is 5.56 Å². The number of benzene rings is 1. The van der Waals surface area contributed by atoms with Crippen LogP contribution >= 0.6 is 11.6 Å². The summed E-state index contributed by atoms with van der Waals surface area (Å²) >= 11 is 6.04. The zero-order chi connectivity index (χ0) is 14.4. The van der Waals surface area contributed by atoms with E-state index in [1.165, 1.54) is 0 Å². The van der Waals surface area contributed by atoms with Gasteiger partial charge in [0.2, 0.25) is 0 Å². The summed E-state index contributed by atoms with van der Waals surface area (Å²) in [5, 5.41) is 0.583. The molecule has 1 aromatic rings. The largest absolute Gasteiger partial charge is 0.495 e. The molecule has 2 atom stereocenters. The quantitative estimate of drug-likeness (QED) is 0.598. The Hall–Kier alpha value is -0.810. The predicted octanol–water partition coefficient (Wildman–Crippen LogP) is 2.91. The van der Waals surface area contributed by atoms with Crippen molar-refractivity contribution in [2.24, 2.45) is 11.8 Å². The van der Waals surface area contributed by atoms with Crippen molar-refractivity contribution >= 4 is 11.6 Å². The van der Waals surface area contributed by atoms with Crippen LogP contribution in [0.5, 0.6) is 5.75 Å². The van der Waals surface area contributed by atoms with E-state index < -0.39 is 0 Å². The topological polar surface area (TPSA) is 56.5 Å². The van der Waals surface area contributed by atoms with E-state index in [0.29, 0.717) is 23.3 Å². The Labute approximate surface area is 120 Å². The summed E-state index contributed by atoms with van der Waals surface area (Å²) in [6.07, 6.45) is -0.0131. The Bertz CT molecular complexity index is 399. The number of nitrogens with one attached hydrogen (secondary N) is 1. The second-order valence-corrected chi connectivity index (χ2v) is 5.11. The summed E-state index contributed by atoms with van der Waals surface area (Å²) in [6, 6.07) is 5.53. The van der Waals surface area contributed by atoms with Crippen LogP contribution in [0.15, 0.2) is 18.2 Å². The van der Waals surface area contributed by atoms with Gasteiger partial charge >= 0.3 is 0 Å². The van der Waals surface area contributed by atoms with Crippen molar-refractivity contribution in [2.75, 3.05) is 13.7 Å². The van der Waals surface area contributed by atoms with Crippen molar-refractivity contribution in [2.45, 2.75) is 32.9 Å². The van der Waals surface area contributed by atoms with Crippen LogP contribution in [0.1, 0.15) is 32.4 Å². The maximum absolute atomic E-state index is 6.04. The smallest absolute Gasteiger partial charge is 0.137 e. The molecule has 5 heteroatoms. The van der Waals surface area contributed by atoms with Gasteiger partial charge in [-0.2, -0.15) is 0 Å². The van der Waals surface area contributed by atoms with Gasteiger partial charge in [0.15, 0.2) is 0 Å². The molecule has 0 bridgehead atoms. The molecular weight excluding hydrogens is 264 g/mol. The van der Waals surface area contributed by atoms with Crippen molar-refractivity contribution in [1.29, 1.82) is 0 Å². The summed E-state index contributed by atoms with van der Waals surface area (Å²) in [6.45, 7) is 6.84. The fourth-order valence-electron chi connectivity index (χ4n) is 2.12. The third-order valence-corrected chi connectivity index (χ3v) is 3.37.